The van der Waals surface area contributed by atoms with Crippen LogP contribution in [0.1, 0.15) is 30.6 Å². The van der Waals surface area contributed by atoms with E-state index in [9.17, 15) is 9.90 Å². The molecule has 0 amide bonds. The van der Waals surface area contributed by atoms with Gasteiger partial charge in [-0.15, -0.1) is 18.3 Å². The van der Waals surface area contributed by atoms with Crippen molar-refractivity contribution < 1.29 is 9.90 Å². The monoisotopic (exact) mass is 433 g/mol. The zero-order chi connectivity index (χ0) is 21.3. The molecule has 3 rings (SSSR count). The van der Waals surface area contributed by atoms with E-state index in [0.717, 1.165) is 16.3 Å². The molecule has 2 aliphatic rings. The van der Waals surface area contributed by atoms with E-state index in [-0.39, 0.29) is 22.9 Å². The second-order valence-corrected chi connectivity index (χ2v) is 9.70. The average Bonchev–Trinajstić information content (AvgIpc) is 2.92. The summed E-state index contributed by atoms with van der Waals surface area (Å²) in [5.74, 6) is 5.10. The zero-order valence-corrected chi connectivity index (χ0v) is 18.6. The van der Waals surface area contributed by atoms with Crippen molar-refractivity contribution in [2.75, 3.05) is 13.6 Å². The Morgan fingerprint density at radius 2 is 2.24 bits per heavy atom. The number of hydrazine groups is 1. The van der Waals surface area contributed by atoms with E-state index in [2.05, 4.69) is 31.4 Å². The molecular weight excluding hydrogens is 406 g/mol. The van der Waals surface area contributed by atoms with Crippen LogP contribution in [0.25, 0.3) is 0 Å². The van der Waals surface area contributed by atoms with E-state index in [4.69, 9.17) is 17.4 Å². The van der Waals surface area contributed by atoms with E-state index < -0.39 is 5.97 Å². The number of hydrogen-bond donors (Lipinski definition) is 2. The van der Waals surface area contributed by atoms with Crippen LogP contribution in [0.15, 0.2) is 64.6 Å². The lowest BCUT2D eigenvalue weighted by Crippen LogP contribution is -2.57. The molecule has 29 heavy (non-hydrogen) atoms. The molecule has 156 valence electrons. The van der Waals surface area contributed by atoms with Crippen molar-refractivity contribution in [1.29, 1.82) is 0 Å². The van der Waals surface area contributed by atoms with Crippen LogP contribution >= 0.6 is 23.4 Å². The summed E-state index contributed by atoms with van der Waals surface area (Å²) in [7, 11) is 1.86. The number of allylic oxidation sites excluding steroid dienone is 2. The molecule has 7 heteroatoms. The fraction of sp³-hybridized carbons (Fsp3) is 0.409. The number of thioether (sulfide) groups is 1. The number of fused-ring (bicyclic) bond motifs is 1. The summed E-state index contributed by atoms with van der Waals surface area (Å²) < 4.78 is 0. The van der Waals surface area contributed by atoms with E-state index in [1.54, 1.807) is 35.0 Å². The third kappa shape index (κ3) is 4.47. The van der Waals surface area contributed by atoms with Gasteiger partial charge in [0.05, 0.1) is 11.1 Å². The molecule has 1 aliphatic carbocycles. The highest BCUT2D eigenvalue weighted by Gasteiger charge is 2.50. The average molecular weight is 434 g/mol. The summed E-state index contributed by atoms with van der Waals surface area (Å²) in [6.07, 6.45) is 6.82. The minimum atomic E-state index is -0.914. The second-order valence-electron chi connectivity index (χ2n) is 8.00. The number of likely N-dealkylation sites (N-methyl/N-ethyl adjacent to an activating group) is 1. The quantitative estimate of drug-likeness (QED) is 0.383. The maximum atomic E-state index is 11.4. The Bertz CT molecular complexity index is 869. The van der Waals surface area contributed by atoms with Crippen LogP contribution in [0.4, 0.5) is 0 Å². The summed E-state index contributed by atoms with van der Waals surface area (Å²) in [4.78, 5) is 14.8. The number of halogens is 1. The van der Waals surface area contributed by atoms with Crippen LogP contribution in [-0.2, 0) is 0 Å². The van der Waals surface area contributed by atoms with Gasteiger partial charge in [-0.2, -0.15) is 0 Å². The Balaban J connectivity index is 1.98. The minimum absolute atomic E-state index is 0.158. The number of carboxylic acids is 1. The summed E-state index contributed by atoms with van der Waals surface area (Å²) >= 11 is 8.12. The molecule has 4 atom stereocenters. The Hall–Kier alpha value is -1.57. The van der Waals surface area contributed by atoms with Crippen LogP contribution in [-0.4, -0.2) is 57.4 Å². The van der Waals surface area contributed by atoms with Gasteiger partial charge in [-0.05, 0) is 43.7 Å². The van der Waals surface area contributed by atoms with E-state index >= 15 is 0 Å². The van der Waals surface area contributed by atoms with E-state index in [1.165, 1.54) is 5.57 Å². The normalized spacial score (nSPS) is 26.5. The van der Waals surface area contributed by atoms with Gasteiger partial charge in [0.25, 0.3) is 0 Å². The topological polar surface area (TPSA) is 69.8 Å². The number of hydrogen-bond acceptors (Lipinski definition) is 5. The predicted molar refractivity (Wildman–Crippen MR) is 120 cm³/mol. The summed E-state index contributed by atoms with van der Waals surface area (Å²) in [6.45, 7) is 9.10. The number of carboxylic acid groups (broad SMARTS) is 1. The molecule has 0 bridgehead atoms. The van der Waals surface area contributed by atoms with Crippen molar-refractivity contribution in [2.24, 2.45) is 5.84 Å². The van der Waals surface area contributed by atoms with Crippen LogP contribution in [0.2, 0.25) is 0 Å². The first-order chi connectivity index (χ1) is 13.7. The molecule has 3 N–H and O–H groups in total. The molecule has 1 aromatic rings. The number of nitrogens with zero attached hydrogens (tertiary/aromatic N) is 2. The van der Waals surface area contributed by atoms with Crippen LogP contribution in [0, 0.1) is 0 Å². The Kier molecular flexibility index (Phi) is 6.61. The maximum Gasteiger partial charge on any atom is 0.335 e. The van der Waals surface area contributed by atoms with Crippen molar-refractivity contribution in [2.45, 2.75) is 48.0 Å². The molecule has 0 radical (unpaired) electrons. The second kappa shape index (κ2) is 8.66. The largest absolute Gasteiger partial charge is 0.478 e. The molecule has 5 nitrogen and oxygen atoms in total. The van der Waals surface area contributed by atoms with Gasteiger partial charge in [0.1, 0.15) is 0 Å². The molecule has 0 saturated carbocycles. The molecule has 0 aromatic heterocycles. The SMILES string of the molecule is C=CC(C)(CN(C)N)N1C2CC(Cl)=CC=C2C(Sc2cccc(C(=O)O)c2)C1C. The Labute approximate surface area is 181 Å². The lowest BCUT2D eigenvalue weighted by Gasteiger charge is -2.44. The molecular formula is C22H28ClN3O2S. The molecule has 1 aromatic carbocycles. The number of carbonyl (C=O) groups is 1. The van der Waals surface area contributed by atoms with Crippen LogP contribution in [0.5, 0.6) is 0 Å². The van der Waals surface area contributed by atoms with Gasteiger partial charge in [-0.25, -0.2) is 9.80 Å². The summed E-state index contributed by atoms with van der Waals surface area (Å²) in [5.41, 5.74) is 1.27. The number of aromatic carboxylic acids is 1. The van der Waals surface area contributed by atoms with Crippen LogP contribution < -0.4 is 5.84 Å². The van der Waals surface area contributed by atoms with Crippen molar-refractivity contribution in [1.82, 2.24) is 9.91 Å². The Morgan fingerprint density at radius 1 is 1.52 bits per heavy atom. The van der Waals surface area contributed by atoms with Crippen LogP contribution in [0.3, 0.4) is 0 Å². The van der Waals surface area contributed by atoms with Gasteiger partial charge in [0.15, 0.2) is 0 Å². The van der Waals surface area contributed by atoms with Gasteiger partial charge in [-0.1, -0.05) is 29.8 Å². The predicted octanol–water partition coefficient (Wildman–Crippen LogP) is 4.12. The highest BCUT2D eigenvalue weighted by Crippen LogP contribution is 2.48. The number of rotatable bonds is 7. The summed E-state index contributed by atoms with van der Waals surface area (Å²) in [5, 5.41) is 12.0. The van der Waals surface area contributed by atoms with E-state index in [0.29, 0.717) is 12.1 Å². The standard InChI is InChI=1S/C22H28ClN3O2S/c1-5-22(3,13-25(4)24)26-14(2)20(18-10-9-16(23)12-19(18)26)29-17-8-6-7-15(11-17)21(27)28/h5-11,14,19-20H,1,12-13,24H2,2-4H3,(H,27,28). The smallest absolute Gasteiger partial charge is 0.335 e. The Morgan fingerprint density at radius 3 is 2.86 bits per heavy atom. The van der Waals surface area contributed by atoms with Gasteiger partial charge in [-0.3, -0.25) is 10.7 Å². The number of benzene rings is 1. The third-order valence-corrected chi connectivity index (χ3v) is 7.44. The zero-order valence-electron chi connectivity index (χ0n) is 17.0. The fourth-order valence-electron chi connectivity index (χ4n) is 4.51. The maximum absolute atomic E-state index is 11.4. The lowest BCUT2D eigenvalue weighted by molar-refractivity contribution is 0.0691. The molecule has 4 unspecified atom stereocenters. The first kappa shape index (κ1) is 22.1. The lowest BCUT2D eigenvalue weighted by atomic mass is 9.94. The first-order valence-corrected chi connectivity index (χ1v) is 10.9. The minimum Gasteiger partial charge on any atom is -0.478 e. The number of likely N-dealkylation sites (tertiary alicyclic amines) is 1. The highest BCUT2D eigenvalue weighted by atomic mass is 35.5. The van der Waals surface area contributed by atoms with Crippen molar-refractivity contribution >= 4 is 29.3 Å². The van der Waals surface area contributed by atoms with E-state index in [1.807, 2.05) is 25.3 Å². The molecule has 1 heterocycles. The van der Waals surface area contributed by atoms with Crippen molar-refractivity contribution in [3.63, 3.8) is 0 Å². The number of nitrogens with two attached hydrogens (primary N) is 1. The van der Waals surface area contributed by atoms with Gasteiger partial charge in [0, 0.05) is 47.3 Å². The van der Waals surface area contributed by atoms with Gasteiger partial charge >= 0.3 is 5.97 Å². The highest BCUT2D eigenvalue weighted by molar-refractivity contribution is 8.00. The molecule has 1 fully saturated rings. The van der Waals surface area contributed by atoms with Crippen molar-refractivity contribution in [3.8, 4) is 0 Å². The first-order valence-electron chi connectivity index (χ1n) is 9.60. The van der Waals surface area contributed by atoms with Gasteiger partial charge < -0.3 is 5.11 Å². The molecule has 1 saturated heterocycles. The fourth-order valence-corrected chi connectivity index (χ4v) is 6.07. The van der Waals surface area contributed by atoms with Crippen molar-refractivity contribution in [3.05, 3.63) is 65.2 Å². The molecule has 0 spiro atoms. The third-order valence-electron chi connectivity index (χ3n) is 5.71. The molecule has 1 aliphatic heterocycles. The summed E-state index contributed by atoms with van der Waals surface area (Å²) in [6, 6.07) is 7.46. The van der Waals surface area contributed by atoms with Gasteiger partial charge in [0.2, 0.25) is 0 Å².